The zero-order chi connectivity index (χ0) is 19.2. The molecule has 8 heteroatoms. The number of imidazole rings is 1. The Morgan fingerprint density at radius 2 is 2.00 bits per heavy atom. The maximum Gasteiger partial charge on any atom is 0.287 e. The summed E-state index contributed by atoms with van der Waals surface area (Å²) in [5.74, 6) is -0.813. The molecule has 0 radical (unpaired) electrons. The summed E-state index contributed by atoms with van der Waals surface area (Å²) < 4.78 is 19.8. The van der Waals surface area contributed by atoms with E-state index in [1.165, 1.54) is 24.3 Å². The Bertz CT molecular complexity index is 817. The molecule has 2 amide bonds. The number of hydrogen-bond acceptors (Lipinski definition) is 4. The zero-order valence-corrected chi connectivity index (χ0v) is 15.3. The molecule has 7 nitrogen and oxygen atoms in total. The van der Waals surface area contributed by atoms with Crippen LogP contribution in [0.3, 0.4) is 0 Å². The summed E-state index contributed by atoms with van der Waals surface area (Å²) in [6.07, 6.45) is 3.27. The first-order valence-electron chi connectivity index (χ1n) is 9.03. The van der Waals surface area contributed by atoms with E-state index < -0.39 is 5.91 Å². The molecule has 1 aromatic carbocycles. The Hall–Kier alpha value is -2.74. The Labute approximate surface area is 156 Å². The highest BCUT2D eigenvalue weighted by Gasteiger charge is 2.27. The summed E-state index contributed by atoms with van der Waals surface area (Å²) >= 11 is 0. The van der Waals surface area contributed by atoms with Gasteiger partial charge in [-0.2, -0.15) is 0 Å². The van der Waals surface area contributed by atoms with Crippen molar-refractivity contribution in [1.29, 1.82) is 0 Å². The number of fused-ring (bicyclic) bond motifs is 1. The number of hydrogen-bond donors (Lipinski definition) is 2. The van der Waals surface area contributed by atoms with Gasteiger partial charge < -0.3 is 19.9 Å². The topological polar surface area (TPSA) is 85.2 Å². The lowest BCUT2D eigenvalue weighted by Crippen LogP contribution is -2.29. The normalized spacial score (nSPS) is 13.1. The van der Waals surface area contributed by atoms with Crippen molar-refractivity contribution in [2.24, 2.45) is 0 Å². The number of nitrogens with one attached hydrogen (secondary N) is 2. The third-order valence-corrected chi connectivity index (χ3v) is 4.45. The molecule has 0 saturated heterocycles. The molecule has 0 bridgehead atoms. The van der Waals surface area contributed by atoms with Crippen molar-refractivity contribution in [3.63, 3.8) is 0 Å². The van der Waals surface area contributed by atoms with E-state index in [-0.39, 0.29) is 23.2 Å². The molecular formula is C19H23FN4O3. The summed E-state index contributed by atoms with van der Waals surface area (Å²) in [5.41, 5.74) is 1.49. The van der Waals surface area contributed by atoms with Gasteiger partial charge in [0.25, 0.3) is 11.8 Å². The van der Waals surface area contributed by atoms with Crippen molar-refractivity contribution in [2.45, 2.75) is 32.2 Å². The minimum Gasteiger partial charge on any atom is -0.385 e. The number of methoxy groups -OCH3 is 1. The Morgan fingerprint density at radius 1 is 1.22 bits per heavy atom. The highest BCUT2D eigenvalue weighted by Crippen LogP contribution is 2.22. The molecule has 3 rings (SSSR count). The summed E-state index contributed by atoms with van der Waals surface area (Å²) in [6.45, 7) is 1.70. The van der Waals surface area contributed by atoms with E-state index in [2.05, 4.69) is 15.6 Å². The van der Waals surface area contributed by atoms with Crippen LogP contribution in [-0.2, 0) is 17.7 Å². The number of benzene rings is 1. The summed E-state index contributed by atoms with van der Waals surface area (Å²) in [4.78, 5) is 29.5. The summed E-state index contributed by atoms with van der Waals surface area (Å²) in [7, 11) is 1.61. The maximum atomic E-state index is 13.0. The van der Waals surface area contributed by atoms with Gasteiger partial charge in [0, 0.05) is 32.5 Å². The Balaban J connectivity index is 1.78. The number of aromatic nitrogens is 2. The number of amides is 2. The first kappa shape index (κ1) is 19.0. The third-order valence-electron chi connectivity index (χ3n) is 4.45. The lowest BCUT2D eigenvalue weighted by Gasteiger charge is -2.17. The number of carbonyl (C=O) groups excluding carboxylic acids is 2. The molecule has 0 spiro atoms. The van der Waals surface area contributed by atoms with Crippen molar-refractivity contribution < 1.29 is 18.7 Å². The highest BCUT2D eigenvalue weighted by molar-refractivity contribution is 6.05. The van der Waals surface area contributed by atoms with Gasteiger partial charge in [-0.15, -0.1) is 0 Å². The van der Waals surface area contributed by atoms with Gasteiger partial charge >= 0.3 is 0 Å². The van der Waals surface area contributed by atoms with Crippen LogP contribution in [0.2, 0.25) is 0 Å². The van der Waals surface area contributed by atoms with Gasteiger partial charge in [-0.05, 0) is 49.9 Å². The van der Waals surface area contributed by atoms with E-state index in [0.717, 1.165) is 18.5 Å². The monoisotopic (exact) mass is 374 g/mol. The zero-order valence-electron chi connectivity index (χ0n) is 15.3. The number of halogens is 1. The first-order valence-corrected chi connectivity index (χ1v) is 9.03. The smallest absolute Gasteiger partial charge is 0.287 e. The third kappa shape index (κ3) is 4.51. The van der Waals surface area contributed by atoms with E-state index >= 15 is 0 Å². The molecule has 2 heterocycles. The molecular weight excluding hydrogens is 351 g/mol. The predicted octanol–water partition coefficient (Wildman–Crippen LogP) is 2.38. The van der Waals surface area contributed by atoms with Crippen LogP contribution < -0.4 is 10.6 Å². The second-order valence-electron chi connectivity index (χ2n) is 6.40. The van der Waals surface area contributed by atoms with Crippen LogP contribution in [0, 0.1) is 5.82 Å². The standard InChI is InChI=1S/C19H23FN4O3/c1-27-12-4-10-21-19(26)17-23-16(15-5-2-3-11-24(15)17)18(25)22-14-8-6-13(20)7-9-14/h6-9H,2-5,10-12H2,1H3,(H,21,26)(H,22,25). The molecule has 1 aliphatic heterocycles. The van der Waals surface area contributed by atoms with Crippen LogP contribution in [0.4, 0.5) is 10.1 Å². The van der Waals surface area contributed by atoms with Crippen molar-refractivity contribution in [3.8, 4) is 0 Å². The number of carbonyl (C=O) groups is 2. The molecule has 2 aromatic rings. The second kappa shape index (κ2) is 8.77. The van der Waals surface area contributed by atoms with Crippen LogP contribution in [0.1, 0.15) is 46.1 Å². The van der Waals surface area contributed by atoms with Gasteiger partial charge in [0.15, 0.2) is 11.5 Å². The number of ether oxygens (including phenoxy) is 1. The van der Waals surface area contributed by atoms with Gasteiger partial charge in [-0.3, -0.25) is 9.59 Å². The summed E-state index contributed by atoms with van der Waals surface area (Å²) in [5, 5.41) is 5.53. The molecule has 0 atom stereocenters. The van der Waals surface area contributed by atoms with Crippen molar-refractivity contribution in [2.75, 3.05) is 25.6 Å². The Morgan fingerprint density at radius 3 is 2.74 bits per heavy atom. The lowest BCUT2D eigenvalue weighted by molar-refractivity contribution is 0.0932. The van der Waals surface area contributed by atoms with Crippen LogP contribution in [0.5, 0.6) is 0 Å². The van der Waals surface area contributed by atoms with Gasteiger partial charge in [-0.25, -0.2) is 9.37 Å². The van der Waals surface area contributed by atoms with Crippen molar-refractivity contribution in [1.82, 2.24) is 14.9 Å². The van der Waals surface area contributed by atoms with E-state index in [1.54, 1.807) is 7.11 Å². The van der Waals surface area contributed by atoms with Gasteiger partial charge in [-0.1, -0.05) is 0 Å². The largest absolute Gasteiger partial charge is 0.385 e. The number of nitrogens with zero attached hydrogens (tertiary/aromatic N) is 2. The molecule has 144 valence electrons. The van der Waals surface area contributed by atoms with E-state index in [4.69, 9.17) is 4.74 Å². The maximum absolute atomic E-state index is 13.0. The minimum absolute atomic E-state index is 0.251. The predicted molar refractivity (Wildman–Crippen MR) is 98.3 cm³/mol. The molecule has 0 aliphatic carbocycles. The summed E-state index contributed by atoms with van der Waals surface area (Å²) in [6, 6.07) is 5.52. The fourth-order valence-corrected chi connectivity index (χ4v) is 3.12. The number of anilines is 1. The molecule has 1 aliphatic rings. The second-order valence-corrected chi connectivity index (χ2v) is 6.40. The average molecular weight is 374 g/mol. The quantitative estimate of drug-likeness (QED) is 0.729. The Kier molecular flexibility index (Phi) is 6.18. The van der Waals surface area contributed by atoms with Crippen molar-refractivity contribution >= 4 is 17.5 Å². The molecule has 1 aromatic heterocycles. The number of rotatable bonds is 7. The van der Waals surface area contributed by atoms with Crippen LogP contribution in [-0.4, -0.2) is 41.6 Å². The van der Waals surface area contributed by atoms with Crippen LogP contribution in [0.15, 0.2) is 24.3 Å². The van der Waals surface area contributed by atoms with Crippen molar-refractivity contribution in [3.05, 3.63) is 47.3 Å². The molecule has 0 saturated carbocycles. The fourth-order valence-electron chi connectivity index (χ4n) is 3.12. The molecule has 0 unspecified atom stereocenters. The lowest BCUT2D eigenvalue weighted by atomic mass is 10.1. The fraction of sp³-hybridized carbons (Fsp3) is 0.421. The van der Waals surface area contributed by atoms with E-state index in [1.807, 2.05) is 4.57 Å². The molecule has 27 heavy (non-hydrogen) atoms. The first-order chi connectivity index (χ1) is 13.1. The highest BCUT2D eigenvalue weighted by atomic mass is 19.1. The van der Waals surface area contributed by atoms with Gasteiger partial charge in [0.1, 0.15) is 5.82 Å². The van der Waals surface area contributed by atoms with E-state index in [9.17, 15) is 14.0 Å². The molecule has 0 fully saturated rings. The van der Waals surface area contributed by atoms with Crippen LogP contribution >= 0.6 is 0 Å². The van der Waals surface area contributed by atoms with Crippen LogP contribution in [0.25, 0.3) is 0 Å². The van der Waals surface area contributed by atoms with Gasteiger partial charge in [0.05, 0.1) is 5.69 Å². The van der Waals surface area contributed by atoms with Gasteiger partial charge in [0.2, 0.25) is 0 Å². The SMILES string of the molecule is COCCCNC(=O)c1nc(C(=O)Nc2ccc(F)cc2)c2n1CCCC2. The molecule has 2 N–H and O–H groups in total. The minimum atomic E-state index is -0.398. The average Bonchev–Trinajstić information content (AvgIpc) is 3.07. The van der Waals surface area contributed by atoms with E-state index in [0.29, 0.717) is 38.2 Å².